The lowest BCUT2D eigenvalue weighted by Crippen LogP contribution is -2.39. The van der Waals surface area contributed by atoms with Crippen LogP contribution in [0.15, 0.2) is 42.5 Å². The molecule has 10 heteroatoms. The lowest BCUT2D eigenvalue weighted by molar-refractivity contribution is -0.117. The third-order valence-electron chi connectivity index (χ3n) is 4.48. The monoisotopic (exact) mass is 421 g/mol. The number of halogens is 2. The quantitative estimate of drug-likeness (QED) is 0.717. The van der Waals surface area contributed by atoms with Crippen molar-refractivity contribution in [3.05, 3.63) is 42.5 Å². The van der Waals surface area contributed by atoms with Gasteiger partial charge >= 0.3 is 12.6 Å². The Morgan fingerprint density at radius 3 is 2.43 bits per heavy atom. The largest absolute Gasteiger partial charge is 0.493 e. The first-order chi connectivity index (χ1) is 14.4. The maximum absolute atomic E-state index is 12.4. The minimum atomic E-state index is -2.92. The van der Waals surface area contributed by atoms with Crippen LogP contribution in [0.25, 0.3) is 0 Å². The molecular weight excluding hydrogens is 400 g/mol. The van der Waals surface area contributed by atoms with Gasteiger partial charge in [-0.25, -0.2) is 4.79 Å². The van der Waals surface area contributed by atoms with Crippen molar-refractivity contribution in [2.45, 2.75) is 19.1 Å². The maximum atomic E-state index is 12.4. The predicted octanol–water partition coefficient (Wildman–Crippen LogP) is 3.23. The summed E-state index contributed by atoms with van der Waals surface area (Å²) in [5.41, 5.74) is 1.03. The summed E-state index contributed by atoms with van der Waals surface area (Å²) in [6.07, 6.45) is 0.142. The topological polar surface area (TPSA) is 89.1 Å². The molecule has 30 heavy (non-hydrogen) atoms. The minimum Gasteiger partial charge on any atom is -0.493 e. The molecule has 0 aromatic heterocycles. The van der Waals surface area contributed by atoms with E-state index in [2.05, 4.69) is 15.4 Å². The molecule has 3 rings (SSSR count). The van der Waals surface area contributed by atoms with Gasteiger partial charge in [-0.05, 0) is 36.4 Å². The van der Waals surface area contributed by atoms with Gasteiger partial charge in [0, 0.05) is 30.4 Å². The van der Waals surface area contributed by atoms with Crippen LogP contribution in [0.5, 0.6) is 17.2 Å². The van der Waals surface area contributed by atoms with Crippen molar-refractivity contribution in [1.82, 2.24) is 5.32 Å². The number of rotatable bonds is 7. The number of alkyl halides is 2. The van der Waals surface area contributed by atoms with Crippen LogP contribution in [0.4, 0.5) is 25.0 Å². The zero-order chi connectivity index (χ0) is 21.7. The summed E-state index contributed by atoms with van der Waals surface area (Å²) < 4.78 is 39.1. The summed E-state index contributed by atoms with van der Waals surface area (Å²) in [5.74, 6) is 0.895. The SMILES string of the molecule is COc1ccc(N2C[C@H](NC(=O)Nc3ccc(OC(F)F)cc3)CC2=O)cc1OC. The summed E-state index contributed by atoms with van der Waals surface area (Å²) >= 11 is 0. The second kappa shape index (κ2) is 9.29. The molecule has 2 aromatic rings. The Balaban J connectivity index is 1.58. The number of anilines is 2. The lowest BCUT2D eigenvalue weighted by atomic mass is 10.2. The van der Waals surface area contributed by atoms with Gasteiger partial charge in [-0.2, -0.15) is 8.78 Å². The van der Waals surface area contributed by atoms with Crippen LogP contribution in [-0.4, -0.2) is 45.4 Å². The highest BCUT2D eigenvalue weighted by atomic mass is 19.3. The lowest BCUT2D eigenvalue weighted by Gasteiger charge is -2.19. The maximum Gasteiger partial charge on any atom is 0.387 e. The third-order valence-corrected chi connectivity index (χ3v) is 4.48. The fourth-order valence-electron chi connectivity index (χ4n) is 3.12. The number of amides is 3. The molecule has 0 aliphatic carbocycles. The van der Waals surface area contributed by atoms with Gasteiger partial charge in [0.1, 0.15) is 5.75 Å². The van der Waals surface area contributed by atoms with Gasteiger partial charge in [0.05, 0.1) is 20.3 Å². The van der Waals surface area contributed by atoms with Crippen LogP contribution >= 0.6 is 0 Å². The summed E-state index contributed by atoms with van der Waals surface area (Å²) in [7, 11) is 3.03. The molecule has 0 spiro atoms. The highest BCUT2D eigenvalue weighted by molar-refractivity contribution is 5.98. The van der Waals surface area contributed by atoms with E-state index in [1.54, 1.807) is 23.1 Å². The highest BCUT2D eigenvalue weighted by Gasteiger charge is 2.32. The Bertz CT molecular complexity index is 908. The van der Waals surface area contributed by atoms with Crippen LogP contribution in [0, 0.1) is 0 Å². The van der Waals surface area contributed by atoms with Gasteiger partial charge in [-0.3, -0.25) is 4.79 Å². The molecule has 0 bridgehead atoms. The zero-order valence-corrected chi connectivity index (χ0v) is 16.4. The number of carbonyl (C=O) groups is 2. The molecule has 2 aromatic carbocycles. The normalized spacial score (nSPS) is 15.8. The second-order valence-electron chi connectivity index (χ2n) is 6.45. The van der Waals surface area contributed by atoms with E-state index in [0.717, 1.165) is 0 Å². The van der Waals surface area contributed by atoms with Gasteiger partial charge < -0.3 is 29.7 Å². The second-order valence-corrected chi connectivity index (χ2v) is 6.45. The number of methoxy groups -OCH3 is 2. The van der Waals surface area contributed by atoms with Gasteiger partial charge in [-0.1, -0.05) is 0 Å². The number of nitrogens with zero attached hydrogens (tertiary/aromatic N) is 1. The van der Waals surface area contributed by atoms with Crippen molar-refractivity contribution >= 4 is 23.3 Å². The van der Waals surface area contributed by atoms with Crippen molar-refractivity contribution < 1.29 is 32.6 Å². The molecular formula is C20H21F2N3O5. The van der Waals surface area contributed by atoms with E-state index in [0.29, 0.717) is 29.4 Å². The molecule has 8 nitrogen and oxygen atoms in total. The van der Waals surface area contributed by atoms with Crippen molar-refractivity contribution in [3.8, 4) is 17.2 Å². The molecule has 1 fully saturated rings. The summed E-state index contributed by atoms with van der Waals surface area (Å²) in [5, 5.41) is 5.33. The van der Waals surface area contributed by atoms with Gasteiger partial charge in [0.2, 0.25) is 5.91 Å². The van der Waals surface area contributed by atoms with Crippen LogP contribution in [0.3, 0.4) is 0 Å². The van der Waals surface area contributed by atoms with Crippen LogP contribution in [0.2, 0.25) is 0 Å². The van der Waals surface area contributed by atoms with E-state index in [-0.39, 0.29) is 18.1 Å². The summed E-state index contributed by atoms with van der Waals surface area (Å²) in [4.78, 5) is 26.2. The standard InChI is InChI=1S/C20H21F2N3O5/c1-28-16-8-5-14(10-17(16)29-2)25-11-13(9-18(25)26)24-20(27)23-12-3-6-15(7-4-12)30-19(21)22/h3-8,10,13,19H,9,11H2,1-2H3,(H2,23,24,27)/t13-/m1/s1. The summed E-state index contributed by atoms with van der Waals surface area (Å²) in [6.45, 7) is -2.62. The zero-order valence-electron chi connectivity index (χ0n) is 16.4. The Hall–Kier alpha value is -3.56. The number of urea groups is 1. The average molecular weight is 421 g/mol. The van der Waals surface area contributed by atoms with Crippen LogP contribution in [0.1, 0.15) is 6.42 Å². The van der Waals surface area contributed by atoms with Gasteiger partial charge in [-0.15, -0.1) is 0 Å². The van der Waals surface area contributed by atoms with Crippen molar-refractivity contribution in [3.63, 3.8) is 0 Å². The number of carbonyl (C=O) groups excluding carboxylic acids is 2. The third kappa shape index (κ3) is 5.07. The van der Waals surface area contributed by atoms with Crippen molar-refractivity contribution in [2.24, 2.45) is 0 Å². The molecule has 1 aliphatic rings. The smallest absolute Gasteiger partial charge is 0.387 e. The fraction of sp³-hybridized carbons (Fsp3) is 0.300. The Kier molecular flexibility index (Phi) is 6.55. The summed E-state index contributed by atoms with van der Waals surface area (Å²) in [6, 6.07) is 9.75. The number of hydrogen-bond acceptors (Lipinski definition) is 5. The Morgan fingerprint density at radius 1 is 1.10 bits per heavy atom. The number of ether oxygens (including phenoxy) is 3. The van der Waals surface area contributed by atoms with Crippen molar-refractivity contribution in [2.75, 3.05) is 31.0 Å². The first kappa shape index (κ1) is 21.2. The Morgan fingerprint density at radius 2 is 1.80 bits per heavy atom. The molecule has 160 valence electrons. The molecule has 1 atom stereocenters. The number of nitrogens with one attached hydrogen (secondary N) is 2. The van der Waals surface area contributed by atoms with Crippen LogP contribution in [-0.2, 0) is 4.79 Å². The molecule has 0 radical (unpaired) electrons. The number of hydrogen-bond donors (Lipinski definition) is 2. The van der Waals surface area contributed by atoms with E-state index in [4.69, 9.17) is 9.47 Å². The predicted molar refractivity (Wildman–Crippen MR) is 106 cm³/mol. The molecule has 1 saturated heterocycles. The molecule has 2 N–H and O–H groups in total. The van der Waals surface area contributed by atoms with E-state index < -0.39 is 18.7 Å². The molecule has 3 amide bonds. The first-order valence-electron chi connectivity index (χ1n) is 9.04. The van der Waals surface area contributed by atoms with E-state index >= 15 is 0 Å². The minimum absolute atomic E-state index is 0.0112. The average Bonchev–Trinajstić information content (AvgIpc) is 3.08. The molecule has 1 heterocycles. The number of benzene rings is 2. The van der Waals surface area contributed by atoms with Crippen molar-refractivity contribution in [1.29, 1.82) is 0 Å². The highest BCUT2D eigenvalue weighted by Crippen LogP contribution is 2.33. The van der Waals surface area contributed by atoms with Crippen LogP contribution < -0.4 is 29.7 Å². The van der Waals surface area contributed by atoms with E-state index in [9.17, 15) is 18.4 Å². The molecule has 1 aliphatic heterocycles. The molecule has 0 unspecified atom stereocenters. The van der Waals surface area contributed by atoms with E-state index in [1.165, 1.54) is 38.5 Å². The first-order valence-corrected chi connectivity index (χ1v) is 9.04. The van der Waals surface area contributed by atoms with Gasteiger partial charge in [0.25, 0.3) is 0 Å². The fourth-order valence-corrected chi connectivity index (χ4v) is 3.12. The van der Waals surface area contributed by atoms with Gasteiger partial charge in [0.15, 0.2) is 11.5 Å². The van der Waals surface area contributed by atoms with E-state index in [1.807, 2.05) is 0 Å². The molecule has 0 saturated carbocycles. The Labute approximate surface area is 171 Å².